The SMILES string of the molecule is CCN1CCCC(C(C)Nc2ccc(N(C)C)cc2C)C1. The van der Waals surface area contributed by atoms with Gasteiger partial charge in [-0.05, 0) is 69.5 Å². The van der Waals surface area contributed by atoms with E-state index in [2.05, 4.69) is 68.2 Å². The summed E-state index contributed by atoms with van der Waals surface area (Å²) in [6.07, 6.45) is 2.68. The molecule has 1 saturated heterocycles. The second-order valence-electron chi connectivity index (χ2n) is 6.62. The molecule has 2 rings (SSSR count). The van der Waals surface area contributed by atoms with Gasteiger partial charge in [-0.2, -0.15) is 0 Å². The van der Waals surface area contributed by atoms with Crippen LogP contribution in [0.4, 0.5) is 11.4 Å². The molecule has 0 amide bonds. The number of anilines is 2. The van der Waals surface area contributed by atoms with Gasteiger partial charge in [0.15, 0.2) is 0 Å². The topological polar surface area (TPSA) is 18.5 Å². The van der Waals surface area contributed by atoms with Gasteiger partial charge in [0, 0.05) is 38.1 Å². The minimum Gasteiger partial charge on any atom is -0.382 e. The Morgan fingerprint density at radius 1 is 1.38 bits per heavy atom. The summed E-state index contributed by atoms with van der Waals surface area (Å²) in [7, 11) is 4.18. The molecule has 2 atom stereocenters. The van der Waals surface area contributed by atoms with Gasteiger partial charge in [0.05, 0.1) is 0 Å². The van der Waals surface area contributed by atoms with Gasteiger partial charge in [-0.15, -0.1) is 0 Å². The number of benzene rings is 1. The van der Waals surface area contributed by atoms with E-state index < -0.39 is 0 Å². The summed E-state index contributed by atoms with van der Waals surface area (Å²) in [6.45, 7) is 10.5. The molecule has 1 N–H and O–H groups in total. The van der Waals surface area contributed by atoms with E-state index >= 15 is 0 Å². The zero-order valence-corrected chi connectivity index (χ0v) is 14.3. The third-order valence-corrected chi connectivity index (χ3v) is 4.81. The molecule has 3 nitrogen and oxygen atoms in total. The zero-order valence-electron chi connectivity index (χ0n) is 14.3. The van der Waals surface area contributed by atoms with Crippen molar-refractivity contribution in [3.05, 3.63) is 23.8 Å². The van der Waals surface area contributed by atoms with Crippen LogP contribution < -0.4 is 10.2 Å². The average molecular weight is 289 g/mol. The standard InChI is InChI=1S/C18H31N3/c1-6-21-11-7-8-16(13-21)15(3)19-18-10-9-17(20(4)5)12-14(18)2/h9-10,12,15-16,19H,6-8,11,13H2,1-5H3. The Kier molecular flexibility index (Phi) is 5.51. The van der Waals surface area contributed by atoms with Gasteiger partial charge in [0.2, 0.25) is 0 Å². The summed E-state index contributed by atoms with van der Waals surface area (Å²) in [5.74, 6) is 0.756. The molecule has 0 saturated carbocycles. The predicted molar refractivity (Wildman–Crippen MR) is 93.4 cm³/mol. The number of hydrogen-bond acceptors (Lipinski definition) is 3. The molecule has 2 unspecified atom stereocenters. The zero-order chi connectivity index (χ0) is 15.4. The van der Waals surface area contributed by atoms with Crippen molar-refractivity contribution in [2.75, 3.05) is 43.9 Å². The largest absolute Gasteiger partial charge is 0.382 e. The smallest absolute Gasteiger partial charge is 0.0373 e. The third kappa shape index (κ3) is 4.13. The van der Waals surface area contributed by atoms with Crippen molar-refractivity contribution in [3.8, 4) is 0 Å². The van der Waals surface area contributed by atoms with Crippen LogP contribution >= 0.6 is 0 Å². The van der Waals surface area contributed by atoms with Crippen molar-refractivity contribution < 1.29 is 0 Å². The molecule has 0 radical (unpaired) electrons. The number of hydrogen-bond donors (Lipinski definition) is 1. The van der Waals surface area contributed by atoms with E-state index in [-0.39, 0.29) is 0 Å². The third-order valence-electron chi connectivity index (χ3n) is 4.81. The fourth-order valence-electron chi connectivity index (χ4n) is 3.24. The van der Waals surface area contributed by atoms with Crippen LogP contribution in [0, 0.1) is 12.8 Å². The van der Waals surface area contributed by atoms with Crippen LogP contribution in [0.25, 0.3) is 0 Å². The fraction of sp³-hybridized carbons (Fsp3) is 0.667. The van der Waals surface area contributed by atoms with Gasteiger partial charge in [-0.25, -0.2) is 0 Å². The molecule has 118 valence electrons. The van der Waals surface area contributed by atoms with Crippen LogP contribution in [0.1, 0.15) is 32.3 Å². The predicted octanol–water partition coefficient (Wildman–Crippen LogP) is 3.59. The first-order valence-electron chi connectivity index (χ1n) is 8.28. The van der Waals surface area contributed by atoms with Crippen molar-refractivity contribution in [2.24, 2.45) is 5.92 Å². The Morgan fingerprint density at radius 2 is 2.14 bits per heavy atom. The highest BCUT2D eigenvalue weighted by Gasteiger charge is 2.24. The molecule has 21 heavy (non-hydrogen) atoms. The molecular formula is C18H31N3. The second kappa shape index (κ2) is 7.17. The molecule has 1 aromatic carbocycles. The molecule has 0 aromatic heterocycles. The fourth-order valence-corrected chi connectivity index (χ4v) is 3.24. The monoisotopic (exact) mass is 289 g/mol. The first kappa shape index (κ1) is 16.2. The Labute approximate surface area is 130 Å². The lowest BCUT2D eigenvalue weighted by molar-refractivity contribution is 0.172. The van der Waals surface area contributed by atoms with Crippen molar-refractivity contribution in [1.82, 2.24) is 4.90 Å². The van der Waals surface area contributed by atoms with Crippen LogP contribution in [0.3, 0.4) is 0 Å². The van der Waals surface area contributed by atoms with Crippen molar-refractivity contribution in [2.45, 2.75) is 39.7 Å². The summed E-state index contributed by atoms with van der Waals surface area (Å²) < 4.78 is 0. The molecule has 1 aliphatic heterocycles. The van der Waals surface area contributed by atoms with Gasteiger partial charge >= 0.3 is 0 Å². The average Bonchev–Trinajstić information content (AvgIpc) is 2.49. The summed E-state index contributed by atoms with van der Waals surface area (Å²) >= 11 is 0. The maximum Gasteiger partial charge on any atom is 0.0373 e. The van der Waals surface area contributed by atoms with Gasteiger partial charge in [0.1, 0.15) is 0 Å². The van der Waals surface area contributed by atoms with Gasteiger partial charge in [-0.3, -0.25) is 0 Å². The van der Waals surface area contributed by atoms with Gasteiger partial charge in [-0.1, -0.05) is 6.92 Å². The highest BCUT2D eigenvalue weighted by molar-refractivity contribution is 5.60. The lowest BCUT2D eigenvalue weighted by atomic mass is 9.91. The Hall–Kier alpha value is -1.22. The Bertz CT molecular complexity index is 456. The Morgan fingerprint density at radius 3 is 2.76 bits per heavy atom. The summed E-state index contributed by atoms with van der Waals surface area (Å²) in [4.78, 5) is 4.73. The van der Waals surface area contributed by atoms with Crippen molar-refractivity contribution in [3.63, 3.8) is 0 Å². The van der Waals surface area contributed by atoms with E-state index in [1.54, 1.807) is 0 Å². The number of nitrogens with one attached hydrogen (secondary N) is 1. The molecule has 1 fully saturated rings. The first-order chi connectivity index (χ1) is 10.0. The van der Waals surface area contributed by atoms with E-state index in [4.69, 9.17) is 0 Å². The highest BCUT2D eigenvalue weighted by Crippen LogP contribution is 2.26. The molecule has 0 bridgehead atoms. The minimum atomic E-state index is 0.531. The quantitative estimate of drug-likeness (QED) is 0.893. The maximum atomic E-state index is 3.75. The van der Waals surface area contributed by atoms with Crippen molar-refractivity contribution in [1.29, 1.82) is 0 Å². The molecular weight excluding hydrogens is 258 g/mol. The molecule has 1 heterocycles. The number of nitrogens with zero attached hydrogens (tertiary/aromatic N) is 2. The molecule has 1 aromatic rings. The molecule has 0 aliphatic carbocycles. The van der Waals surface area contributed by atoms with E-state index in [0.717, 1.165) is 5.92 Å². The van der Waals surface area contributed by atoms with E-state index in [1.807, 2.05) is 0 Å². The summed E-state index contributed by atoms with van der Waals surface area (Å²) in [5.41, 5.74) is 3.87. The lowest BCUT2D eigenvalue weighted by Crippen LogP contribution is -2.41. The van der Waals surface area contributed by atoms with Crippen LogP contribution in [-0.2, 0) is 0 Å². The van der Waals surface area contributed by atoms with Gasteiger partial charge in [0.25, 0.3) is 0 Å². The maximum absolute atomic E-state index is 3.75. The van der Waals surface area contributed by atoms with E-state index in [1.165, 1.54) is 49.4 Å². The summed E-state index contributed by atoms with van der Waals surface area (Å²) in [6, 6.07) is 7.21. The van der Waals surface area contributed by atoms with Crippen LogP contribution in [0.15, 0.2) is 18.2 Å². The molecule has 0 spiro atoms. The number of aryl methyl sites for hydroxylation is 1. The summed E-state index contributed by atoms with van der Waals surface area (Å²) in [5, 5.41) is 3.75. The highest BCUT2D eigenvalue weighted by atomic mass is 15.1. The Balaban J connectivity index is 2.00. The number of likely N-dealkylation sites (tertiary alicyclic amines) is 1. The minimum absolute atomic E-state index is 0.531. The number of rotatable bonds is 5. The van der Waals surface area contributed by atoms with Crippen LogP contribution in [-0.4, -0.2) is 44.7 Å². The van der Waals surface area contributed by atoms with Gasteiger partial charge < -0.3 is 15.1 Å². The van der Waals surface area contributed by atoms with Crippen molar-refractivity contribution >= 4 is 11.4 Å². The number of piperidine rings is 1. The normalized spacial score (nSPS) is 21.1. The van der Waals surface area contributed by atoms with E-state index in [9.17, 15) is 0 Å². The van der Waals surface area contributed by atoms with E-state index in [0.29, 0.717) is 6.04 Å². The molecule has 3 heteroatoms. The second-order valence-corrected chi connectivity index (χ2v) is 6.62. The lowest BCUT2D eigenvalue weighted by Gasteiger charge is -2.36. The molecule has 1 aliphatic rings. The van der Waals surface area contributed by atoms with Crippen LogP contribution in [0.2, 0.25) is 0 Å². The first-order valence-corrected chi connectivity index (χ1v) is 8.28. The van der Waals surface area contributed by atoms with Crippen LogP contribution in [0.5, 0.6) is 0 Å².